The predicted octanol–water partition coefficient (Wildman–Crippen LogP) is 3.48. The van der Waals surface area contributed by atoms with Crippen LogP contribution in [0.25, 0.3) is 0 Å². The third-order valence-corrected chi connectivity index (χ3v) is 7.30. The smallest absolute Gasteiger partial charge is 0.326 e. The second-order valence-corrected chi connectivity index (χ2v) is 11.2. The summed E-state index contributed by atoms with van der Waals surface area (Å²) in [6.07, 6.45) is 13.3. The lowest BCUT2D eigenvalue weighted by molar-refractivity contribution is -0.154. The van der Waals surface area contributed by atoms with Crippen molar-refractivity contribution in [3.8, 4) is 0 Å². The molecule has 12 nitrogen and oxygen atoms in total. The van der Waals surface area contributed by atoms with E-state index in [0.29, 0.717) is 6.42 Å². The molecule has 0 aliphatic rings. The Morgan fingerprint density at radius 3 is 1.75 bits per heavy atom. The molecule has 0 rings (SSSR count). The fraction of sp³-hybridized carbons (Fsp3) is 0.875. The maximum Gasteiger partial charge on any atom is 0.326 e. The van der Waals surface area contributed by atoms with Gasteiger partial charge in [-0.15, -0.1) is 0 Å². The van der Waals surface area contributed by atoms with Crippen molar-refractivity contribution in [1.82, 2.24) is 5.32 Å². The fourth-order valence-electron chi connectivity index (χ4n) is 4.76. The van der Waals surface area contributed by atoms with E-state index in [0.717, 1.165) is 19.3 Å². The molecule has 0 aliphatic carbocycles. The van der Waals surface area contributed by atoms with Gasteiger partial charge in [-0.05, 0) is 12.8 Å². The Kier molecular flexibility index (Phi) is 28.4. The lowest BCUT2D eigenvalue weighted by Crippen LogP contribution is -2.45. The van der Waals surface area contributed by atoms with Crippen molar-refractivity contribution in [2.75, 3.05) is 46.1 Å². The van der Waals surface area contributed by atoms with Gasteiger partial charge >= 0.3 is 5.97 Å². The Hall–Kier alpha value is -1.96. The average Bonchev–Trinajstić information content (AvgIpc) is 3.01. The van der Waals surface area contributed by atoms with Crippen molar-refractivity contribution >= 4 is 23.4 Å². The Labute approximate surface area is 264 Å². The van der Waals surface area contributed by atoms with Crippen LogP contribution in [-0.4, -0.2) is 92.9 Å². The van der Waals surface area contributed by atoms with E-state index >= 15 is 0 Å². The number of carboxylic acids is 1. The van der Waals surface area contributed by atoms with E-state index < -0.39 is 48.3 Å². The zero-order chi connectivity index (χ0) is 32.8. The van der Waals surface area contributed by atoms with E-state index in [-0.39, 0.29) is 58.8 Å². The first-order valence-electron chi connectivity index (χ1n) is 16.7. The molecule has 0 spiro atoms. The molecular weight excluding hydrogens is 570 g/mol. The largest absolute Gasteiger partial charge is 0.480 e. The van der Waals surface area contributed by atoms with E-state index in [9.17, 15) is 29.4 Å². The molecule has 0 saturated heterocycles. The van der Waals surface area contributed by atoms with Crippen LogP contribution >= 0.6 is 0 Å². The number of ketones is 2. The summed E-state index contributed by atoms with van der Waals surface area (Å²) in [5, 5.41) is 23.6. The molecule has 1 radical (unpaired) electrons. The van der Waals surface area contributed by atoms with Gasteiger partial charge in [0, 0.05) is 25.9 Å². The highest BCUT2D eigenvalue weighted by Crippen LogP contribution is 2.14. The SMILES string of the molecule is CCCCCCCCCCCCCCCCC(=O)N[C@@H](CCC(=O)[C@@H](OCCOCCN)C(=O)[C@@H](C[O])OCCN)C(=O)O. The molecule has 0 saturated carbocycles. The molecule has 0 aromatic rings. The first kappa shape index (κ1) is 42.0. The van der Waals surface area contributed by atoms with Gasteiger partial charge in [0.25, 0.3) is 0 Å². The predicted molar refractivity (Wildman–Crippen MR) is 168 cm³/mol. The number of nitrogens with two attached hydrogens (primary N) is 2. The first-order valence-corrected chi connectivity index (χ1v) is 16.7. The van der Waals surface area contributed by atoms with Crippen LogP contribution in [0.5, 0.6) is 0 Å². The van der Waals surface area contributed by atoms with Crippen molar-refractivity contribution in [3.63, 3.8) is 0 Å². The van der Waals surface area contributed by atoms with Crippen LogP contribution in [0, 0.1) is 0 Å². The zero-order valence-electron chi connectivity index (χ0n) is 27.1. The summed E-state index contributed by atoms with van der Waals surface area (Å²) in [7, 11) is 0. The number of unbranched alkanes of at least 4 members (excludes halogenated alkanes) is 13. The number of nitrogens with one attached hydrogen (secondary N) is 1. The quantitative estimate of drug-likeness (QED) is 0.0614. The topological polar surface area (TPSA) is 200 Å². The number of hydrogen-bond donors (Lipinski definition) is 4. The van der Waals surface area contributed by atoms with Gasteiger partial charge in [0.1, 0.15) is 18.8 Å². The molecule has 0 unspecified atom stereocenters. The minimum atomic E-state index is -1.63. The molecule has 0 aliphatic heterocycles. The van der Waals surface area contributed by atoms with Crippen molar-refractivity contribution < 1.29 is 43.6 Å². The van der Waals surface area contributed by atoms with Crippen LogP contribution in [0.2, 0.25) is 0 Å². The molecular formula is C32H60N3O9. The number of Topliss-reactive ketones (excluding diaryl/α,β-unsaturated/α-hetero) is 2. The summed E-state index contributed by atoms with van der Waals surface area (Å²) < 4.78 is 15.8. The zero-order valence-corrected chi connectivity index (χ0v) is 27.1. The molecule has 1 amide bonds. The van der Waals surface area contributed by atoms with Gasteiger partial charge in [0.15, 0.2) is 17.7 Å². The number of rotatable bonds is 33. The molecule has 0 aromatic heterocycles. The minimum absolute atomic E-state index is 0.0500. The summed E-state index contributed by atoms with van der Waals surface area (Å²) in [4.78, 5) is 50.0. The number of aliphatic carboxylic acids is 1. The van der Waals surface area contributed by atoms with E-state index in [2.05, 4.69) is 12.2 Å². The monoisotopic (exact) mass is 630 g/mol. The van der Waals surface area contributed by atoms with Gasteiger partial charge in [0.05, 0.1) is 26.4 Å². The molecule has 6 N–H and O–H groups in total. The van der Waals surface area contributed by atoms with E-state index in [1.54, 1.807) is 0 Å². The Balaban J connectivity index is 4.50. The van der Waals surface area contributed by atoms with Crippen molar-refractivity contribution in [2.24, 2.45) is 11.5 Å². The van der Waals surface area contributed by atoms with Gasteiger partial charge < -0.3 is 36.1 Å². The molecule has 12 heteroatoms. The third kappa shape index (κ3) is 22.5. The second-order valence-electron chi connectivity index (χ2n) is 11.2. The van der Waals surface area contributed by atoms with E-state index in [1.807, 2.05) is 0 Å². The highest BCUT2D eigenvalue weighted by molar-refractivity contribution is 6.07. The third-order valence-electron chi connectivity index (χ3n) is 7.30. The normalized spacial score (nSPS) is 13.4. The highest BCUT2D eigenvalue weighted by atomic mass is 16.5. The standard InChI is InChI=1S/C32H60N3O9/c1-2-3-4-5-6-7-8-9-10-11-12-13-14-15-16-29(38)35-26(32(40)41)17-18-27(37)31(44-24-23-42-21-19-33)30(39)28(25-36)43-22-20-34/h26,28,31H,2-25,33-34H2,1H3,(H,35,38)(H,40,41)/t26-,28+,31+/m0/s1. The molecule has 257 valence electrons. The lowest BCUT2D eigenvalue weighted by Gasteiger charge is -2.21. The van der Waals surface area contributed by atoms with Gasteiger partial charge in [0.2, 0.25) is 5.91 Å². The summed E-state index contributed by atoms with van der Waals surface area (Å²) >= 11 is 0. The maximum atomic E-state index is 12.9. The lowest BCUT2D eigenvalue weighted by atomic mass is 10.00. The van der Waals surface area contributed by atoms with E-state index in [1.165, 1.54) is 64.2 Å². The fourth-order valence-corrected chi connectivity index (χ4v) is 4.76. The van der Waals surface area contributed by atoms with Gasteiger partial charge in [-0.2, -0.15) is 0 Å². The number of hydrogen-bond acceptors (Lipinski definition) is 9. The van der Waals surface area contributed by atoms with E-state index in [4.69, 9.17) is 25.7 Å². The summed E-state index contributed by atoms with van der Waals surface area (Å²) in [6, 6.07) is -1.30. The molecule has 44 heavy (non-hydrogen) atoms. The number of carboxylic acid groups (broad SMARTS) is 1. The highest BCUT2D eigenvalue weighted by Gasteiger charge is 2.34. The summed E-state index contributed by atoms with van der Waals surface area (Å²) in [5.74, 6) is -3.25. The average molecular weight is 631 g/mol. The maximum absolute atomic E-state index is 12.9. The van der Waals surface area contributed by atoms with Crippen LogP contribution in [0.1, 0.15) is 116 Å². The van der Waals surface area contributed by atoms with Gasteiger partial charge in [-0.25, -0.2) is 9.90 Å². The van der Waals surface area contributed by atoms with Crippen LogP contribution < -0.4 is 16.8 Å². The Morgan fingerprint density at radius 1 is 0.705 bits per heavy atom. The second kappa shape index (κ2) is 29.7. The molecule has 0 fully saturated rings. The van der Waals surface area contributed by atoms with Crippen LogP contribution in [-0.2, 0) is 38.5 Å². The van der Waals surface area contributed by atoms with Crippen LogP contribution in [0.15, 0.2) is 0 Å². The molecule has 0 aromatic carbocycles. The van der Waals surface area contributed by atoms with Gasteiger partial charge in [-0.3, -0.25) is 14.4 Å². The molecule has 3 atom stereocenters. The number of carbonyl (C=O) groups excluding carboxylic acids is 3. The van der Waals surface area contributed by atoms with Crippen molar-refractivity contribution in [1.29, 1.82) is 0 Å². The molecule has 0 bridgehead atoms. The number of ether oxygens (including phenoxy) is 3. The van der Waals surface area contributed by atoms with Crippen molar-refractivity contribution in [2.45, 2.75) is 134 Å². The minimum Gasteiger partial charge on any atom is -0.480 e. The molecule has 0 heterocycles. The van der Waals surface area contributed by atoms with Crippen molar-refractivity contribution in [3.05, 3.63) is 0 Å². The Morgan fingerprint density at radius 2 is 1.25 bits per heavy atom. The number of amides is 1. The first-order chi connectivity index (χ1) is 21.3. The van der Waals surface area contributed by atoms with Crippen LogP contribution in [0.4, 0.5) is 0 Å². The van der Waals surface area contributed by atoms with Gasteiger partial charge in [-0.1, -0.05) is 90.4 Å². The summed E-state index contributed by atoms with van der Waals surface area (Å²) in [6.45, 7) is 1.82. The number of carbonyl (C=O) groups is 4. The Bertz CT molecular complexity index is 754. The summed E-state index contributed by atoms with van der Waals surface area (Å²) in [5.41, 5.74) is 10.7. The van der Waals surface area contributed by atoms with Crippen LogP contribution in [0.3, 0.4) is 0 Å².